The van der Waals surface area contributed by atoms with Gasteiger partial charge in [0.25, 0.3) is 0 Å². The molecule has 0 bridgehead atoms. The van der Waals surface area contributed by atoms with Crippen molar-refractivity contribution in [3.8, 4) is 22.6 Å². The van der Waals surface area contributed by atoms with E-state index in [-0.39, 0.29) is 0 Å². The highest BCUT2D eigenvalue weighted by atomic mass is 35.5. The van der Waals surface area contributed by atoms with Crippen LogP contribution in [0.2, 0.25) is 5.02 Å². The Balaban J connectivity index is 1.85. The molecule has 0 aliphatic heterocycles. The van der Waals surface area contributed by atoms with Gasteiger partial charge in [0, 0.05) is 21.5 Å². The van der Waals surface area contributed by atoms with Gasteiger partial charge in [-0.25, -0.2) is 9.50 Å². The quantitative estimate of drug-likeness (QED) is 0.396. The molecule has 0 saturated carbocycles. The van der Waals surface area contributed by atoms with Gasteiger partial charge in [-0.1, -0.05) is 60.1 Å². The normalized spacial score (nSPS) is 11.3. The van der Waals surface area contributed by atoms with Crippen LogP contribution in [-0.2, 0) is 0 Å². The summed E-state index contributed by atoms with van der Waals surface area (Å²) in [6, 6.07) is 28.2. The smallest absolute Gasteiger partial charge is 0.161 e. The lowest BCUT2D eigenvalue weighted by Crippen LogP contribution is -1.99. The Kier molecular flexibility index (Phi) is 3.47. The molecule has 26 heavy (non-hydrogen) atoms. The second-order valence-corrected chi connectivity index (χ2v) is 6.59. The van der Waals surface area contributed by atoms with Gasteiger partial charge in [-0.15, -0.1) is 0 Å². The van der Waals surface area contributed by atoms with E-state index in [1.165, 1.54) is 0 Å². The summed E-state index contributed by atoms with van der Waals surface area (Å²) in [6.45, 7) is 0. The second kappa shape index (κ2) is 5.97. The second-order valence-electron chi connectivity index (χ2n) is 6.15. The zero-order chi connectivity index (χ0) is 17.5. The fourth-order valence-electron chi connectivity index (χ4n) is 3.22. The zero-order valence-corrected chi connectivity index (χ0v) is 14.6. The van der Waals surface area contributed by atoms with E-state index in [1.54, 1.807) is 0 Å². The summed E-state index contributed by atoms with van der Waals surface area (Å²) in [5.41, 5.74) is 4.98. The van der Waals surface area contributed by atoms with E-state index in [0.717, 1.165) is 39.1 Å². The first-order valence-electron chi connectivity index (χ1n) is 8.39. The number of rotatable bonds is 2. The molecule has 3 nitrogen and oxygen atoms in total. The van der Waals surface area contributed by atoms with Crippen molar-refractivity contribution in [2.45, 2.75) is 0 Å². The summed E-state index contributed by atoms with van der Waals surface area (Å²) in [4.78, 5) is 4.87. The van der Waals surface area contributed by atoms with Gasteiger partial charge in [0.1, 0.15) is 0 Å². The molecule has 0 radical (unpaired) electrons. The topological polar surface area (TPSA) is 30.2 Å². The first-order chi connectivity index (χ1) is 12.8. The Morgan fingerprint density at radius 3 is 2.27 bits per heavy atom. The van der Waals surface area contributed by atoms with Crippen molar-refractivity contribution < 1.29 is 0 Å². The number of hydrogen-bond acceptors (Lipinski definition) is 2. The summed E-state index contributed by atoms with van der Waals surface area (Å²) in [5.74, 6) is 0.803. The maximum atomic E-state index is 6.05. The van der Waals surface area contributed by atoms with Crippen molar-refractivity contribution in [3.05, 3.63) is 90.0 Å². The summed E-state index contributed by atoms with van der Waals surface area (Å²) in [7, 11) is 0. The third-order valence-electron chi connectivity index (χ3n) is 4.49. The minimum absolute atomic E-state index is 0.705. The first kappa shape index (κ1) is 15.1. The van der Waals surface area contributed by atoms with Crippen molar-refractivity contribution >= 4 is 28.0 Å². The average molecular weight is 356 g/mol. The van der Waals surface area contributed by atoms with Gasteiger partial charge in [0.2, 0.25) is 0 Å². The first-order valence-corrected chi connectivity index (χ1v) is 8.77. The Hall–Kier alpha value is -3.17. The molecule has 0 saturated heterocycles. The highest BCUT2D eigenvalue weighted by Gasteiger charge is 2.14. The minimum Gasteiger partial charge on any atom is -0.228 e. The van der Waals surface area contributed by atoms with Crippen LogP contribution < -0.4 is 0 Å². The molecule has 2 heterocycles. The largest absolute Gasteiger partial charge is 0.228 e. The highest BCUT2D eigenvalue weighted by Crippen LogP contribution is 2.29. The molecule has 0 amide bonds. The van der Waals surface area contributed by atoms with Crippen LogP contribution in [0.3, 0.4) is 0 Å². The standard InChI is InChI=1S/C22H14ClN3/c23-17-12-10-16(11-13-17)22-24-19-9-5-4-8-18(19)21-14-20(25-26(21)22)15-6-2-1-3-7-15/h1-14H. The Morgan fingerprint density at radius 2 is 1.46 bits per heavy atom. The number of halogens is 1. The number of hydrogen-bond donors (Lipinski definition) is 0. The minimum atomic E-state index is 0.705. The third kappa shape index (κ3) is 2.45. The summed E-state index contributed by atoms with van der Waals surface area (Å²) < 4.78 is 1.92. The number of para-hydroxylation sites is 1. The summed E-state index contributed by atoms with van der Waals surface area (Å²) >= 11 is 6.05. The third-order valence-corrected chi connectivity index (χ3v) is 4.74. The van der Waals surface area contributed by atoms with Crippen molar-refractivity contribution in [2.24, 2.45) is 0 Å². The van der Waals surface area contributed by atoms with E-state index in [1.807, 2.05) is 65.2 Å². The molecule has 5 aromatic rings. The van der Waals surface area contributed by atoms with Crippen LogP contribution >= 0.6 is 11.6 Å². The summed E-state index contributed by atoms with van der Waals surface area (Å²) in [5, 5.41) is 6.64. The predicted octanol–water partition coefficient (Wildman–Crippen LogP) is 5.87. The molecular formula is C22H14ClN3. The lowest BCUT2D eigenvalue weighted by molar-refractivity contribution is 0.949. The molecule has 0 N–H and O–H groups in total. The van der Waals surface area contributed by atoms with Crippen LogP contribution in [0.25, 0.3) is 39.1 Å². The highest BCUT2D eigenvalue weighted by molar-refractivity contribution is 6.30. The van der Waals surface area contributed by atoms with Gasteiger partial charge in [0.05, 0.1) is 16.7 Å². The number of nitrogens with zero attached hydrogens (tertiary/aromatic N) is 3. The van der Waals surface area contributed by atoms with Crippen LogP contribution in [0.15, 0.2) is 84.9 Å². The van der Waals surface area contributed by atoms with Crippen molar-refractivity contribution in [3.63, 3.8) is 0 Å². The molecule has 124 valence electrons. The Bertz CT molecular complexity index is 1230. The number of aromatic nitrogens is 3. The van der Waals surface area contributed by atoms with Gasteiger partial charge >= 0.3 is 0 Å². The molecule has 2 aromatic heterocycles. The molecule has 0 unspecified atom stereocenters. The predicted molar refractivity (Wildman–Crippen MR) is 106 cm³/mol. The molecule has 0 aliphatic carbocycles. The van der Waals surface area contributed by atoms with Gasteiger partial charge in [0.15, 0.2) is 5.82 Å². The monoisotopic (exact) mass is 355 g/mol. The van der Waals surface area contributed by atoms with Crippen LogP contribution in [0.4, 0.5) is 0 Å². The maximum absolute atomic E-state index is 6.05. The molecule has 5 rings (SSSR count). The van der Waals surface area contributed by atoms with E-state index < -0.39 is 0 Å². The average Bonchev–Trinajstić information content (AvgIpc) is 3.14. The SMILES string of the molecule is Clc1ccc(-c2nc3ccccc3c3cc(-c4ccccc4)nn23)cc1. The molecule has 0 aliphatic rings. The zero-order valence-electron chi connectivity index (χ0n) is 13.8. The van der Waals surface area contributed by atoms with Crippen LogP contribution in [0.1, 0.15) is 0 Å². The van der Waals surface area contributed by atoms with Crippen molar-refractivity contribution in [1.29, 1.82) is 0 Å². The Labute approximate surface area is 155 Å². The van der Waals surface area contributed by atoms with Gasteiger partial charge < -0.3 is 0 Å². The lowest BCUT2D eigenvalue weighted by atomic mass is 10.1. The van der Waals surface area contributed by atoms with E-state index in [0.29, 0.717) is 5.02 Å². The lowest BCUT2D eigenvalue weighted by Gasteiger charge is -2.07. The molecular weight excluding hydrogens is 342 g/mol. The van der Waals surface area contributed by atoms with Crippen LogP contribution in [-0.4, -0.2) is 14.6 Å². The number of benzene rings is 3. The van der Waals surface area contributed by atoms with Crippen molar-refractivity contribution in [1.82, 2.24) is 14.6 Å². The molecule has 0 fully saturated rings. The molecule has 3 aromatic carbocycles. The maximum Gasteiger partial charge on any atom is 0.161 e. The van der Waals surface area contributed by atoms with E-state index in [9.17, 15) is 0 Å². The van der Waals surface area contributed by atoms with Crippen LogP contribution in [0.5, 0.6) is 0 Å². The fourth-order valence-corrected chi connectivity index (χ4v) is 3.35. The van der Waals surface area contributed by atoms with Crippen LogP contribution in [0, 0.1) is 0 Å². The van der Waals surface area contributed by atoms with Crippen molar-refractivity contribution in [2.75, 3.05) is 0 Å². The van der Waals surface area contributed by atoms with E-state index in [4.69, 9.17) is 21.7 Å². The summed E-state index contributed by atoms with van der Waals surface area (Å²) in [6.07, 6.45) is 0. The number of fused-ring (bicyclic) bond motifs is 3. The van der Waals surface area contributed by atoms with E-state index >= 15 is 0 Å². The van der Waals surface area contributed by atoms with Gasteiger partial charge in [-0.2, -0.15) is 5.10 Å². The van der Waals surface area contributed by atoms with E-state index in [2.05, 4.69) is 24.3 Å². The fraction of sp³-hybridized carbons (Fsp3) is 0. The Morgan fingerprint density at radius 1 is 0.731 bits per heavy atom. The molecule has 4 heteroatoms. The molecule has 0 atom stereocenters. The van der Waals surface area contributed by atoms with Gasteiger partial charge in [-0.3, -0.25) is 0 Å². The van der Waals surface area contributed by atoms with Gasteiger partial charge in [-0.05, 0) is 36.4 Å². The molecule has 0 spiro atoms.